The van der Waals surface area contributed by atoms with Crippen LogP contribution < -0.4 is 5.32 Å². The van der Waals surface area contributed by atoms with Gasteiger partial charge < -0.3 is 10.1 Å². The van der Waals surface area contributed by atoms with Crippen molar-refractivity contribution in [3.8, 4) is 0 Å². The number of hydrogen-bond acceptors (Lipinski definition) is 4. The first-order chi connectivity index (χ1) is 7.86. The Morgan fingerprint density at radius 1 is 1.19 bits per heavy atom. The summed E-state index contributed by atoms with van der Waals surface area (Å²) in [7, 11) is 0. The molecule has 0 unspecified atom stereocenters. The lowest BCUT2D eigenvalue weighted by molar-refractivity contribution is 0.114. The summed E-state index contributed by atoms with van der Waals surface area (Å²) in [6, 6.07) is 0. The predicted molar refractivity (Wildman–Crippen MR) is 65.4 cm³/mol. The van der Waals surface area contributed by atoms with E-state index in [1.54, 1.807) is 12.4 Å². The van der Waals surface area contributed by atoms with E-state index in [-0.39, 0.29) is 0 Å². The lowest BCUT2D eigenvalue weighted by Crippen LogP contribution is -2.02. The lowest BCUT2D eigenvalue weighted by atomic mass is 10.3. The van der Waals surface area contributed by atoms with E-state index in [1.165, 1.54) is 12.8 Å². The minimum Gasteiger partial charge on any atom is -0.375 e. The Labute approximate surface area is 97.5 Å². The Morgan fingerprint density at radius 2 is 2.06 bits per heavy atom. The Kier molecular flexibility index (Phi) is 6.49. The van der Waals surface area contributed by atoms with Crippen LogP contribution in [0.3, 0.4) is 0 Å². The first-order valence-corrected chi connectivity index (χ1v) is 5.99. The summed E-state index contributed by atoms with van der Waals surface area (Å²) in [5.41, 5.74) is 0.887. The fraction of sp³-hybridized carbons (Fsp3) is 0.667. The van der Waals surface area contributed by atoms with Crippen molar-refractivity contribution in [2.75, 3.05) is 18.5 Å². The van der Waals surface area contributed by atoms with Gasteiger partial charge >= 0.3 is 0 Å². The molecule has 1 heterocycles. The third-order valence-corrected chi connectivity index (χ3v) is 2.21. The van der Waals surface area contributed by atoms with Crippen molar-refractivity contribution in [2.24, 2.45) is 0 Å². The summed E-state index contributed by atoms with van der Waals surface area (Å²) < 4.78 is 5.50. The van der Waals surface area contributed by atoms with Crippen molar-refractivity contribution in [3.05, 3.63) is 18.1 Å². The number of hydrogen-bond donors (Lipinski definition) is 1. The second kappa shape index (κ2) is 8.05. The van der Waals surface area contributed by atoms with E-state index in [0.717, 1.165) is 31.1 Å². The fourth-order valence-corrected chi connectivity index (χ4v) is 1.33. The zero-order valence-corrected chi connectivity index (χ0v) is 10.2. The highest BCUT2D eigenvalue weighted by atomic mass is 16.5. The van der Waals surface area contributed by atoms with Crippen LogP contribution >= 0.6 is 0 Å². The van der Waals surface area contributed by atoms with Gasteiger partial charge in [0.2, 0.25) is 0 Å². The van der Waals surface area contributed by atoms with Crippen molar-refractivity contribution >= 4 is 5.82 Å². The molecule has 0 aliphatic rings. The second-order valence-electron chi connectivity index (χ2n) is 3.68. The molecular formula is C12H21N3O. The quantitative estimate of drug-likeness (QED) is 0.688. The van der Waals surface area contributed by atoms with Crippen molar-refractivity contribution in [1.29, 1.82) is 0 Å². The van der Waals surface area contributed by atoms with Crippen molar-refractivity contribution in [2.45, 2.75) is 39.7 Å². The molecule has 1 aromatic heterocycles. The third kappa shape index (κ3) is 5.07. The lowest BCUT2D eigenvalue weighted by Gasteiger charge is -2.04. The van der Waals surface area contributed by atoms with Gasteiger partial charge in [0.05, 0.1) is 24.7 Å². The number of anilines is 1. The first-order valence-electron chi connectivity index (χ1n) is 5.99. The van der Waals surface area contributed by atoms with Gasteiger partial charge in [-0.05, 0) is 13.3 Å². The van der Waals surface area contributed by atoms with Crippen molar-refractivity contribution in [1.82, 2.24) is 9.97 Å². The summed E-state index contributed by atoms with van der Waals surface area (Å²) in [4.78, 5) is 8.49. The molecule has 0 atom stereocenters. The Bertz CT molecular complexity index is 274. The average molecular weight is 223 g/mol. The topological polar surface area (TPSA) is 47.0 Å². The van der Waals surface area contributed by atoms with Crippen LogP contribution in [0, 0.1) is 0 Å². The highest BCUT2D eigenvalue weighted by molar-refractivity contribution is 5.30. The van der Waals surface area contributed by atoms with Gasteiger partial charge in [0.15, 0.2) is 0 Å². The molecule has 16 heavy (non-hydrogen) atoms. The van der Waals surface area contributed by atoms with Crippen LogP contribution in [0.4, 0.5) is 5.82 Å². The fourth-order valence-electron chi connectivity index (χ4n) is 1.33. The first kappa shape index (κ1) is 12.9. The number of rotatable bonds is 8. The molecule has 0 spiro atoms. The molecule has 90 valence electrons. The van der Waals surface area contributed by atoms with Crippen LogP contribution in [0.2, 0.25) is 0 Å². The monoisotopic (exact) mass is 223 g/mol. The van der Waals surface area contributed by atoms with Gasteiger partial charge in [-0.2, -0.15) is 0 Å². The number of unbranched alkanes of at least 4 members (excludes halogenated alkanes) is 2. The van der Waals surface area contributed by atoms with Gasteiger partial charge in [-0.3, -0.25) is 4.98 Å². The largest absolute Gasteiger partial charge is 0.375 e. The number of nitrogens with zero attached hydrogens (tertiary/aromatic N) is 2. The molecule has 0 saturated carbocycles. The number of ether oxygens (including phenoxy) is 1. The normalized spacial score (nSPS) is 10.4. The number of aromatic nitrogens is 2. The summed E-state index contributed by atoms with van der Waals surface area (Å²) in [5.74, 6) is 0.817. The van der Waals surface area contributed by atoms with E-state index in [9.17, 15) is 0 Å². The number of nitrogens with one attached hydrogen (secondary N) is 1. The smallest absolute Gasteiger partial charge is 0.144 e. The molecule has 0 fully saturated rings. The van der Waals surface area contributed by atoms with Gasteiger partial charge in [0, 0.05) is 13.2 Å². The molecule has 4 heteroatoms. The molecule has 0 aliphatic heterocycles. The van der Waals surface area contributed by atoms with Crippen LogP contribution in [-0.4, -0.2) is 23.1 Å². The summed E-state index contributed by atoms with van der Waals surface area (Å²) >= 11 is 0. The van der Waals surface area contributed by atoms with Crippen LogP contribution in [-0.2, 0) is 11.3 Å². The van der Waals surface area contributed by atoms with E-state index in [2.05, 4.69) is 22.2 Å². The molecule has 0 amide bonds. The molecule has 1 aromatic rings. The SMILES string of the molecule is CCCCCOCc1cnc(NCC)cn1. The van der Waals surface area contributed by atoms with Crippen molar-refractivity contribution in [3.63, 3.8) is 0 Å². The van der Waals surface area contributed by atoms with Crippen LogP contribution in [0.5, 0.6) is 0 Å². The highest BCUT2D eigenvalue weighted by Gasteiger charge is 1.97. The Morgan fingerprint density at radius 3 is 2.69 bits per heavy atom. The molecule has 0 radical (unpaired) electrons. The Hall–Kier alpha value is -1.16. The van der Waals surface area contributed by atoms with E-state index < -0.39 is 0 Å². The maximum absolute atomic E-state index is 5.50. The maximum Gasteiger partial charge on any atom is 0.144 e. The second-order valence-corrected chi connectivity index (χ2v) is 3.68. The summed E-state index contributed by atoms with van der Waals surface area (Å²) in [5, 5.41) is 3.10. The summed E-state index contributed by atoms with van der Waals surface area (Å²) in [6.45, 7) is 6.45. The molecule has 4 nitrogen and oxygen atoms in total. The van der Waals surface area contributed by atoms with E-state index in [4.69, 9.17) is 4.74 Å². The van der Waals surface area contributed by atoms with E-state index in [1.807, 2.05) is 6.92 Å². The average Bonchev–Trinajstić information content (AvgIpc) is 2.31. The van der Waals surface area contributed by atoms with Crippen molar-refractivity contribution < 1.29 is 4.74 Å². The van der Waals surface area contributed by atoms with E-state index >= 15 is 0 Å². The van der Waals surface area contributed by atoms with Gasteiger partial charge in [-0.15, -0.1) is 0 Å². The molecular weight excluding hydrogens is 202 g/mol. The third-order valence-electron chi connectivity index (χ3n) is 2.21. The molecule has 1 rings (SSSR count). The van der Waals surface area contributed by atoms with Gasteiger partial charge in [0.1, 0.15) is 5.82 Å². The van der Waals surface area contributed by atoms with Crippen LogP contribution in [0.25, 0.3) is 0 Å². The Balaban J connectivity index is 2.21. The predicted octanol–water partition coefficient (Wildman–Crippen LogP) is 2.62. The molecule has 0 aliphatic carbocycles. The zero-order chi connectivity index (χ0) is 11.6. The van der Waals surface area contributed by atoms with E-state index in [0.29, 0.717) is 6.61 Å². The van der Waals surface area contributed by atoms with Gasteiger partial charge in [-0.25, -0.2) is 4.98 Å². The molecule has 0 saturated heterocycles. The maximum atomic E-state index is 5.50. The van der Waals surface area contributed by atoms with Gasteiger partial charge in [0.25, 0.3) is 0 Å². The molecule has 0 aromatic carbocycles. The highest BCUT2D eigenvalue weighted by Crippen LogP contribution is 2.02. The minimum absolute atomic E-state index is 0.559. The van der Waals surface area contributed by atoms with Crippen LogP contribution in [0.1, 0.15) is 38.8 Å². The molecule has 0 bridgehead atoms. The molecule has 1 N–H and O–H groups in total. The van der Waals surface area contributed by atoms with Crippen LogP contribution in [0.15, 0.2) is 12.4 Å². The van der Waals surface area contributed by atoms with Gasteiger partial charge in [-0.1, -0.05) is 19.8 Å². The summed E-state index contributed by atoms with van der Waals surface area (Å²) in [6.07, 6.45) is 7.08. The minimum atomic E-state index is 0.559. The standard InChI is InChI=1S/C12H21N3O/c1-3-5-6-7-16-10-11-8-15-12(9-14-11)13-4-2/h8-9H,3-7,10H2,1-2H3,(H,13,15). The zero-order valence-electron chi connectivity index (χ0n) is 10.2.